The minimum Gasteiger partial charge on any atom is -0.481 e. The Hall–Kier alpha value is -4.86. The number of carboxylic acids is 1. The first-order chi connectivity index (χ1) is 24.1. The molecule has 1 atom stereocenters. The number of hydrogen-bond acceptors (Lipinski definition) is 5. The molecule has 1 heterocycles. The monoisotopic (exact) mass is 677 g/mol. The molecule has 1 aliphatic carbocycles. The van der Waals surface area contributed by atoms with Crippen LogP contribution in [-0.4, -0.2) is 66.2 Å². The van der Waals surface area contributed by atoms with Gasteiger partial charge in [0.05, 0.1) is 25.7 Å². The third kappa shape index (κ3) is 9.22. The van der Waals surface area contributed by atoms with Crippen molar-refractivity contribution >= 4 is 23.7 Å². The van der Waals surface area contributed by atoms with Gasteiger partial charge in [-0.15, -0.1) is 0 Å². The number of amides is 3. The molecule has 0 saturated carbocycles. The summed E-state index contributed by atoms with van der Waals surface area (Å²) in [6.45, 7) is 7.22. The number of amidine groups is 1. The highest BCUT2D eigenvalue weighted by Crippen LogP contribution is 2.43. The van der Waals surface area contributed by atoms with E-state index in [-0.39, 0.29) is 31.0 Å². The molecule has 3 aromatic rings. The van der Waals surface area contributed by atoms with Crippen molar-refractivity contribution in [1.82, 2.24) is 10.2 Å². The number of rotatable bonds is 14. The van der Waals surface area contributed by atoms with Crippen LogP contribution in [0.25, 0.3) is 0 Å². The molecular formula is C41H47N3O6. The summed E-state index contributed by atoms with van der Waals surface area (Å²) in [5, 5.41) is 12.1. The lowest BCUT2D eigenvalue weighted by Crippen LogP contribution is -2.43. The summed E-state index contributed by atoms with van der Waals surface area (Å²) >= 11 is 0. The largest absolute Gasteiger partial charge is 0.481 e. The molecule has 2 aliphatic rings. The van der Waals surface area contributed by atoms with E-state index in [9.17, 15) is 19.5 Å². The second-order valence-electron chi connectivity index (χ2n) is 13.7. The smallest absolute Gasteiger partial charge is 0.345 e. The highest BCUT2D eigenvalue weighted by Gasteiger charge is 2.40. The number of nitrogens with zero attached hydrogens (tertiary/aromatic N) is 2. The SMILES string of the molecule is CC(C)(C)c1ccc(C(=O)NC2=NC(=O)N(CC[C@@H](COC(C3=CC=CCC3)(c3ccccc3)c3ccccc3)OCCC(=O)O)CC2)cc1. The van der Waals surface area contributed by atoms with Crippen molar-refractivity contribution in [3.63, 3.8) is 0 Å². The number of aliphatic carboxylic acids is 1. The van der Waals surface area contributed by atoms with Crippen molar-refractivity contribution in [2.75, 3.05) is 26.3 Å². The van der Waals surface area contributed by atoms with Gasteiger partial charge in [-0.3, -0.25) is 9.59 Å². The zero-order chi connectivity index (χ0) is 35.6. The van der Waals surface area contributed by atoms with Crippen LogP contribution in [0.3, 0.4) is 0 Å². The van der Waals surface area contributed by atoms with E-state index in [4.69, 9.17) is 9.47 Å². The van der Waals surface area contributed by atoms with Gasteiger partial charge in [0.25, 0.3) is 5.91 Å². The Morgan fingerprint density at radius 2 is 1.58 bits per heavy atom. The summed E-state index contributed by atoms with van der Waals surface area (Å²) in [5.74, 6) is -0.926. The highest BCUT2D eigenvalue weighted by atomic mass is 16.5. The fraction of sp³-hybridized carbons (Fsp3) is 0.366. The maximum Gasteiger partial charge on any atom is 0.345 e. The molecular weight excluding hydrogens is 630 g/mol. The number of ether oxygens (including phenoxy) is 2. The maximum absolute atomic E-state index is 13.1. The van der Waals surface area contributed by atoms with Gasteiger partial charge in [-0.25, -0.2) is 4.79 Å². The molecule has 0 unspecified atom stereocenters. The van der Waals surface area contributed by atoms with Gasteiger partial charge in [-0.2, -0.15) is 4.99 Å². The first kappa shape index (κ1) is 36.4. The zero-order valence-electron chi connectivity index (χ0n) is 29.1. The van der Waals surface area contributed by atoms with E-state index in [1.165, 1.54) is 0 Å². The average Bonchev–Trinajstić information content (AvgIpc) is 3.12. The normalized spacial score (nSPS) is 15.7. The molecule has 9 heteroatoms. The molecule has 0 fully saturated rings. The molecule has 9 nitrogen and oxygen atoms in total. The second-order valence-corrected chi connectivity index (χ2v) is 13.7. The Bertz CT molecular complexity index is 1670. The fourth-order valence-electron chi connectivity index (χ4n) is 6.29. The van der Waals surface area contributed by atoms with E-state index in [1.807, 2.05) is 48.5 Å². The van der Waals surface area contributed by atoms with Crippen LogP contribution < -0.4 is 5.32 Å². The highest BCUT2D eigenvalue weighted by molar-refractivity contribution is 6.09. The number of allylic oxidation sites excluding steroid dienone is 3. The summed E-state index contributed by atoms with van der Waals surface area (Å²) < 4.78 is 13.1. The molecule has 0 saturated heterocycles. The Balaban J connectivity index is 1.29. The van der Waals surface area contributed by atoms with Crippen molar-refractivity contribution in [2.24, 2.45) is 4.99 Å². The lowest BCUT2D eigenvalue weighted by molar-refractivity contribution is -0.139. The number of benzene rings is 3. The Labute approximate surface area is 294 Å². The number of aliphatic imine (C=N–C) groups is 1. The molecule has 0 bridgehead atoms. The third-order valence-electron chi connectivity index (χ3n) is 9.09. The predicted molar refractivity (Wildman–Crippen MR) is 194 cm³/mol. The number of carbonyl (C=O) groups is 3. The van der Waals surface area contributed by atoms with Gasteiger partial charge in [0, 0.05) is 25.1 Å². The summed E-state index contributed by atoms with van der Waals surface area (Å²) in [4.78, 5) is 43.2. The Morgan fingerprint density at radius 3 is 2.14 bits per heavy atom. The Kier molecular flexibility index (Phi) is 12.2. The summed E-state index contributed by atoms with van der Waals surface area (Å²) in [5.41, 5.74) is 3.78. The van der Waals surface area contributed by atoms with Gasteiger partial charge < -0.3 is 24.8 Å². The topological polar surface area (TPSA) is 118 Å². The minimum atomic E-state index is -0.952. The van der Waals surface area contributed by atoms with Crippen LogP contribution in [0.1, 0.15) is 79.9 Å². The molecule has 5 rings (SSSR count). The van der Waals surface area contributed by atoms with Crippen LogP contribution >= 0.6 is 0 Å². The molecule has 262 valence electrons. The lowest BCUT2D eigenvalue weighted by Gasteiger charge is -2.39. The first-order valence-electron chi connectivity index (χ1n) is 17.3. The van der Waals surface area contributed by atoms with Crippen molar-refractivity contribution in [3.8, 4) is 0 Å². The van der Waals surface area contributed by atoms with Crippen LogP contribution in [0.2, 0.25) is 0 Å². The van der Waals surface area contributed by atoms with E-state index in [2.05, 4.69) is 73.6 Å². The summed E-state index contributed by atoms with van der Waals surface area (Å²) in [6.07, 6.45) is 8.16. The average molecular weight is 678 g/mol. The van der Waals surface area contributed by atoms with E-state index in [0.717, 1.165) is 35.1 Å². The van der Waals surface area contributed by atoms with Gasteiger partial charge >= 0.3 is 12.0 Å². The van der Waals surface area contributed by atoms with Gasteiger partial charge in [0.1, 0.15) is 11.4 Å². The summed E-state index contributed by atoms with van der Waals surface area (Å²) in [6, 6.07) is 27.2. The zero-order valence-corrected chi connectivity index (χ0v) is 29.1. The van der Waals surface area contributed by atoms with Gasteiger partial charge in [-0.05, 0) is 59.1 Å². The Morgan fingerprint density at radius 1 is 0.920 bits per heavy atom. The number of carboxylic acid groups (broad SMARTS) is 1. The van der Waals surface area contributed by atoms with Crippen molar-refractivity contribution in [2.45, 2.75) is 70.0 Å². The molecule has 1 aliphatic heterocycles. The molecule has 2 N–H and O–H groups in total. The lowest BCUT2D eigenvalue weighted by atomic mass is 9.76. The van der Waals surface area contributed by atoms with Crippen LogP contribution in [-0.2, 0) is 25.3 Å². The number of nitrogens with one attached hydrogen (secondary N) is 1. The molecule has 0 aromatic heterocycles. The standard InChI is InChI=1S/C41H47N3O6/c1-40(2,3)31-21-19-30(20-22-31)38(47)42-36-24-27-44(39(48)43-36)26-23-35(49-28-25-37(45)46)29-50-41(32-13-7-4-8-14-32,33-15-9-5-10-16-33)34-17-11-6-12-18-34/h4-11,13-17,19-22,35H,12,18,23-29H2,1-3H3,(H,45,46)(H,42,43,47,48)/t35-/m0/s1. The van der Waals surface area contributed by atoms with Crippen molar-refractivity contribution < 1.29 is 29.0 Å². The number of hydrogen-bond donors (Lipinski definition) is 2. The van der Waals surface area contributed by atoms with Crippen LogP contribution in [0.15, 0.2) is 114 Å². The van der Waals surface area contributed by atoms with Gasteiger partial charge in [0.15, 0.2) is 0 Å². The van der Waals surface area contributed by atoms with Crippen molar-refractivity contribution in [1.29, 1.82) is 0 Å². The molecule has 3 aromatic carbocycles. The molecule has 3 amide bonds. The number of carbonyl (C=O) groups excluding carboxylic acids is 2. The maximum atomic E-state index is 13.1. The predicted octanol–water partition coefficient (Wildman–Crippen LogP) is 7.42. The van der Waals surface area contributed by atoms with Gasteiger partial charge in [-0.1, -0.05) is 112 Å². The van der Waals surface area contributed by atoms with Gasteiger partial charge in [0.2, 0.25) is 0 Å². The van der Waals surface area contributed by atoms with E-state index < -0.39 is 23.7 Å². The first-order valence-corrected chi connectivity index (χ1v) is 17.3. The van der Waals surface area contributed by atoms with E-state index in [0.29, 0.717) is 37.3 Å². The van der Waals surface area contributed by atoms with Crippen LogP contribution in [0.5, 0.6) is 0 Å². The summed E-state index contributed by atoms with van der Waals surface area (Å²) in [7, 11) is 0. The quantitative estimate of drug-likeness (QED) is 0.183. The molecule has 0 radical (unpaired) electrons. The third-order valence-corrected chi connectivity index (χ3v) is 9.09. The van der Waals surface area contributed by atoms with Crippen molar-refractivity contribution in [3.05, 3.63) is 131 Å². The minimum absolute atomic E-state index is 0.0114. The second kappa shape index (κ2) is 16.7. The van der Waals surface area contributed by atoms with Crippen LogP contribution in [0, 0.1) is 0 Å². The number of urea groups is 1. The van der Waals surface area contributed by atoms with E-state index >= 15 is 0 Å². The fourth-order valence-corrected chi connectivity index (χ4v) is 6.29. The van der Waals surface area contributed by atoms with Crippen LogP contribution in [0.4, 0.5) is 4.79 Å². The molecule has 0 spiro atoms. The molecule has 50 heavy (non-hydrogen) atoms. The van der Waals surface area contributed by atoms with E-state index in [1.54, 1.807) is 17.0 Å².